The van der Waals surface area contributed by atoms with E-state index in [0.29, 0.717) is 5.92 Å². The summed E-state index contributed by atoms with van der Waals surface area (Å²) in [7, 11) is 0. The van der Waals surface area contributed by atoms with Crippen molar-refractivity contribution in [1.29, 1.82) is 0 Å². The zero-order valence-electron chi connectivity index (χ0n) is 11.8. The van der Waals surface area contributed by atoms with Crippen LogP contribution < -0.4 is 0 Å². The van der Waals surface area contributed by atoms with Crippen molar-refractivity contribution in [2.45, 2.75) is 51.4 Å². The molecule has 0 amide bonds. The van der Waals surface area contributed by atoms with Crippen molar-refractivity contribution in [3.63, 3.8) is 0 Å². The van der Waals surface area contributed by atoms with Crippen LogP contribution in [0.5, 0.6) is 0 Å². The van der Waals surface area contributed by atoms with Crippen molar-refractivity contribution in [2.24, 2.45) is 5.92 Å². The Labute approximate surface area is 114 Å². The average molecular weight is 264 g/mol. The molecule has 0 aliphatic heterocycles. The van der Waals surface area contributed by atoms with Gasteiger partial charge in [0, 0.05) is 11.5 Å². The van der Waals surface area contributed by atoms with E-state index in [9.17, 15) is 8.78 Å². The molecule has 0 aromatic heterocycles. The van der Waals surface area contributed by atoms with Gasteiger partial charge in [0.05, 0.1) is 0 Å². The highest BCUT2D eigenvalue weighted by Crippen LogP contribution is 2.41. The topological polar surface area (TPSA) is 0 Å². The smallest absolute Gasteiger partial charge is 0.126 e. The van der Waals surface area contributed by atoms with Crippen LogP contribution in [0.4, 0.5) is 8.78 Å². The lowest BCUT2D eigenvalue weighted by Gasteiger charge is -2.35. The minimum Gasteiger partial charge on any atom is -0.207 e. The Kier molecular flexibility index (Phi) is 4.38. The highest BCUT2D eigenvalue weighted by atomic mass is 19.1. The third-order valence-corrected chi connectivity index (χ3v) is 3.98. The highest BCUT2D eigenvalue weighted by molar-refractivity contribution is 5.33. The monoisotopic (exact) mass is 264 g/mol. The van der Waals surface area contributed by atoms with Crippen LogP contribution in [0.1, 0.15) is 51.5 Å². The molecule has 0 radical (unpaired) electrons. The fourth-order valence-electron chi connectivity index (χ4n) is 2.95. The van der Waals surface area contributed by atoms with E-state index in [0.717, 1.165) is 37.3 Å². The van der Waals surface area contributed by atoms with Crippen LogP contribution >= 0.6 is 0 Å². The normalized spacial score (nSPS) is 19.2. The van der Waals surface area contributed by atoms with Gasteiger partial charge < -0.3 is 0 Å². The average Bonchev–Trinajstić information content (AvgIpc) is 2.36. The molecule has 1 saturated carbocycles. The van der Waals surface area contributed by atoms with E-state index in [1.807, 2.05) is 0 Å². The summed E-state index contributed by atoms with van der Waals surface area (Å²) in [4.78, 5) is 0. The molecule has 0 saturated heterocycles. The minimum atomic E-state index is -0.474. The third-order valence-electron chi connectivity index (χ3n) is 3.98. The van der Waals surface area contributed by atoms with Crippen molar-refractivity contribution in [3.8, 4) is 0 Å². The van der Waals surface area contributed by atoms with E-state index in [1.165, 1.54) is 18.6 Å². The second-order valence-electron chi connectivity index (χ2n) is 5.98. The maximum absolute atomic E-state index is 13.5. The van der Waals surface area contributed by atoms with E-state index in [-0.39, 0.29) is 5.41 Å². The van der Waals surface area contributed by atoms with Crippen LogP contribution in [0.2, 0.25) is 0 Å². The Morgan fingerprint density at radius 2 is 1.58 bits per heavy atom. The molecular weight excluding hydrogens is 242 g/mol. The van der Waals surface area contributed by atoms with Gasteiger partial charge >= 0.3 is 0 Å². The number of benzene rings is 1. The van der Waals surface area contributed by atoms with Gasteiger partial charge in [0.2, 0.25) is 0 Å². The Balaban J connectivity index is 2.41. The quantitative estimate of drug-likeness (QED) is 0.643. The molecule has 0 bridgehead atoms. The molecule has 0 nitrogen and oxygen atoms in total. The molecule has 0 spiro atoms. The van der Waals surface area contributed by atoms with Crippen molar-refractivity contribution < 1.29 is 8.78 Å². The summed E-state index contributed by atoms with van der Waals surface area (Å²) in [6.45, 7) is 4.25. The molecule has 1 fully saturated rings. The van der Waals surface area contributed by atoms with Crippen LogP contribution in [-0.4, -0.2) is 0 Å². The molecule has 2 heteroatoms. The molecular formula is C17H22F2. The van der Waals surface area contributed by atoms with Crippen LogP contribution in [0.3, 0.4) is 0 Å². The van der Waals surface area contributed by atoms with Crippen LogP contribution in [-0.2, 0) is 5.41 Å². The SMILES string of the molecule is CC(C)/C=C/C1(c2cc(F)cc(F)c2)CCCCC1. The zero-order valence-corrected chi connectivity index (χ0v) is 11.8. The fraction of sp³-hybridized carbons (Fsp3) is 0.529. The number of hydrogen-bond acceptors (Lipinski definition) is 0. The molecule has 2 rings (SSSR count). The van der Waals surface area contributed by atoms with Gasteiger partial charge in [-0.05, 0) is 36.5 Å². The fourth-order valence-corrected chi connectivity index (χ4v) is 2.95. The maximum Gasteiger partial charge on any atom is 0.126 e. The molecule has 0 atom stereocenters. The zero-order chi connectivity index (χ0) is 13.9. The van der Waals surface area contributed by atoms with E-state index >= 15 is 0 Å². The molecule has 104 valence electrons. The van der Waals surface area contributed by atoms with Crippen molar-refractivity contribution >= 4 is 0 Å². The van der Waals surface area contributed by atoms with Crippen LogP contribution in [0.25, 0.3) is 0 Å². The van der Waals surface area contributed by atoms with Gasteiger partial charge in [0.25, 0.3) is 0 Å². The van der Waals surface area contributed by atoms with Gasteiger partial charge in [-0.25, -0.2) is 8.78 Å². The van der Waals surface area contributed by atoms with Crippen molar-refractivity contribution in [1.82, 2.24) is 0 Å². The molecule has 0 heterocycles. The van der Waals surface area contributed by atoms with Gasteiger partial charge in [-0.15, -0.1) is 0 Å². The van der Waals surface area contributed by atoms with E-state index < -0.39 is 11.6 Å². The minimum absolute atomic E-state index is 0.175. The predicted molar refractivity (Wildman–Crippen MR) is 75.1 cm³/mol. The first-order valence-corrected chi connectivity index (χ1v) is 7.18. The highest BCUT2D eigenvalue weighted by Gasteiger charge is 2.32. The molecule has 1 aliphatic carbocycles. The largest absolute Gasteiger partial charge is 0.207 e. The molecule has 1 aromatic rings. The van der Waals surface area contributed by atoms with Gasteiger partial charge in [0.1, 0.15) is 11.6 Å². The number of allylic oxidation sites excluding steroid dienone is 2. The van der Waals surface area contributed by atoms with E-state index in [2.05, 4.69) is 26.0 Å². The molecule has 19 heavy (non-hydrogen) atoms. The first kappa shape index (κ1) is 14.2. The van der Waals surface area contributed by atoms with Crippen molar-refractivity contribution in [2.75, 3.05) is 0 Å². The third kappa shape index (κ3) is 3.43. The summed E-state index contributed by atoms with van der Waals surface area (Å²) in [5.41, 5.74) is 0.618. The standard InChI is InChI=1S/C17H22F2/c1-13(2)6-9-17(7-4-3-5-8-17)14-10-15(18)12-16(19)11-14/h6,9-13H,3-5,7-8H2,1-2H3/b9-6+. The Morgan fingerprint density at radius 1 is 1.00 bits per heavy atom. The second-order valence-corrected chi connectivity index (χ2v) is 5.98. The van der Waals surface area contributed by atoms with Crippen molar-refractivity contribution in [3.05, 3.63) is 47.5 Å². The molecule has 1 aliphatic rings. The molecule has 0 unspecified atom stereocenters. The van der Waals surface area contributed by atoms with E-state index in [1.54, 1.807) is 0 Å². The van der Waals surface area contributed by atoms with E-state index in [4.69, 9.17) is 0 Å². The van der Waals surface area contributed by atoms with Crippen LogP contribution in [0.15, 0.2) is 30.4 Å². The summed E-state index contributed by atoms with van der Waals surface area (Å²) < 4.78 is 27.0. The first-order chi connectivity index (χ1) is 9.02. The van der Waals surface area contributed by atoms with Gasteiger partial charge in [-0.1, -0.05) is 45.3 Å². The number of hydrogen-bond donors (Lipinski definition) is 0. The second kappa shape index (κ2) is 5.85. The van der Waals surface area contributed by atoms with Crippen LogP contribution in [0, 0.1) is 17.6 Å². The summed E-state index contributed by atoms with van der Waals surface area (Å²) >= 11 is 0. The maximum atomic E-state index is 13.5. The molecule has 0 N–H and O–H groups in total. The number of rotatable bonds is 3. The Bertz CT molecular complexity index is 434. The summed E-state index contributed by atoms with van der Waals surface area (Å²) in [5.74, 6) is -0.493. The lowest BCUT2D eigenvalue weighted by Crippen LogP contribution is -2.27. The predicted octanol–water partition coefficient (Wildman–Crippen LogP) is 5.38. The van der Waals surface area contributed by atoms with Gasteiger partial charge in [0.15, 0.2) is 0 Å². The Morgan fingerprint density at radius 3 is 2.11 bits per heavy atom. The number of halogens is 2. The summed E-state index contributed by atoms with van der Waals surface area (Å²) in [5, 5.41) is 0. The summed E-state index contributed by atoms with van der Waals surface area (Å²) in [6.07, 6.45) is 9.79. The lowest BCUT2D eigenvalue weighted by molar-refractivity contribution is 0.353. The summed E-state index contributed by atoms with van der Waals surface area (Å²) in [6, 6.07) is 3.95. The lowest BCUT2D eigenvalue weighted by atomic mass is 9.69. The first-order valence-electron chi connectivity index (χ1n) is 7.18. The molecule has 1 aromatic carbocycles. The van der Waals surface area contributed by atoms with Gasteiger partial charge in [-0.3, -0.25) is 0 Å². The Hall–Kier alpha value is -1.18. The van der Waals surface area contributed by atoms with Gasteiger partial charge in [-0.2, -0.15) is 0 Å².